The van der Waals surface area contributed by atoms with Crippen molar-refractivity contribution in [2.45, 2.75) is 18.8 Å². The highest BCUT2D eigenvalue weighted by atomic mass is 79.9. The van der Waals surface area contributed by atoms with Crippen LogP contribution in [0.1, 0.15) is 16.8 Å². The average Bonchev–Trinajstić information content (AvgIpc) is 2.79. The van der Waals surface area contributed by atoms with E-state index < -0.39 is 18.0 Å². The fourth-order valence-corrected chi connectivity index (χ4v) is 2.37. The fourth-order valence-electron chi connectivity index (χ4n) is 1.84. The van der Waals surface area contributed by atoms with Crippen LogP contribution in [0.4, 0.5) is 13.2 Å². The summed E-state index contributed by atoms with van der Waals surface area (Å²) in [5.41, 5.74) is -0.184. The van der Waals surface area contributed by atoms with E-state index in [9.17, 15) is 18.0 Å². The maximum Gasteiger partial charge on any atom is 0.573 e. The molecule has 4 nitrogen and oxygen atoms in total. The van der Waals surface area contributed by atoms with Crippen LogP contribution in [-0.2, 0) is 4.74 Å². The van der Waals surface area contributed by atoms with Gasteiger partial charge in [0.1, 0.15) is 5.75 Å². The zero-order valence-electron chi connectivity index (χ0n) is 10.2. The largest absolute Gasteiger partial charge is 0.573 e. The van der Waals surface area contributed by atoms with Crippen LogP contribution in [0.15, 0.2) is 22.7 Å². The summed E-state index contributed by atoms with van der Waals surface area (Å²) < 4.78 is 46.2. The maximum absolute atomic E-state index is 12.3. The Morgan fingerprint density at radius 1 is 1.45 bits per heavy atom. The molecule has 1 heterocycles. The predicted octanol–water partition coefficient (Wildman–Crippen LogP) is 2.87. The SMILES string of the molecule is O=C(NC1CCOC1)c1c(Br)cccc1OC(F)(F)F. The molecule has 1 amide bonds. The lowest BCUT2D eigenvalue weighted by atomic mass is 10.1. The van der Waals surface area contributed by atoms with Crippen molar-refractivity contribution in [1.82, 2.24) is 5.32 Å². The van der Waals surface area contributed by atoms with Crippen molar-refractivity contribution in [2.75, 3.05) is 13.2 Å². The summed E-state index contributed by atoms with van der Waals surface area (Å²) in [6.45, 7) is 0.873. The third kappa shape index (κ3) is 3.86. The van der Waals surface area contributed by atoms with Gasteiger partial charge in [0, 0.05) is 11.1 Å². The first-order valence-electron chi connectivity index (χ1n) is 5.79. The number of rotatable bonds is 3. The molecule has 1 aliphatic rings. The Balaban J connectivity index is 2.22. The molecule has 1 unspecified atom stereocenters. The number of halogens is 4. The Morgan fingerprint density at radius 3 is 2.80 bits per heavy atom. The van der Waals surface area contributed by atoms with Crippen LogP contribution in [0.3, 0.4) is 0 Å². The first-order chi connectivity index (χ1) is 9.37. The monoisotopic (exact) mass is 353 g/mol. The molecule has 0 spiro atoms. The molecule has 0 aliphatic carbocycles. The molecule has 1 aromatic carbocycles. The molecular weight excluding hydrogens is 343 g/mol. The Hall–Kier alpha value is -1.28. The highest BCUT2D eigenvalue weighted by Crippen LogP contribution is 2.31. The van der Waals surface area contributed by atoms with E-state index in [4.69, 9.17) is 4.74 Å². The molecule has 1 aliphatic heterocycles. The van der Waals surface area contributed by atoms with Crippen molar-refractivity contribution in [3.05, 3.63) is 28.2 Å². The molecule has 0 saturated carbocycles. The number of ether oxygens (including phenoxy) is 2. The lowest BCUT2D eigenvalue weighted by molar-refractivity contribution is -0.274. The second-order valence-electron chi connectivity index (χ2n) is 4.19. The molecule has 0 bridgehead atoms. The van der Waals surface area contributed by atoms with Crippen molar-refractivity contribution in [2.24, 2.45) is 0 Å². The van der Waals surface area contributed by atoms with Gasteiger partial charge < -0.3 is 14.8 Å². The Kier molecular flexibility index (Phi) is 4.54. The topological polar surface area (TPSA) is 47.6 Å². The first kappa shape index (κ1) is 15.1. The van der Waals surface area contributed by atoms with Crippen molar-refractivity contribution in [1.29, 1.82) is 0 Å². The lowest BCUT2D eigenvalue weighted by Gasteiger charge is -2.16. The molecule has 20 heavy (non-hydrogen) atoms. The second-order valence-corrected chi connectivity index (χ2v) is 5.05. The summed E-state index contributed by atoms with van der Waals surface area (Å²) in [7, 11) is 0. The lowest BCUT2D eigenvalue weighted by Crippen LogP contribution is -2.35. The van der Waals surface area contributed by atoms with Gasteiger partial charge in [-0.3, -0.25) is 4.79 Å². The van der Waals surface area contributed by atoms with Crippen LogP contribution in [0, 0.1) is 0 Å². The van der Waals surface area contributed by atoms with Gasteiger partial charge >= 0.3 is 6.36 Å². The zero-order valence-corrected chi connectivity index (χ0v) is 11.8. The Labute approximate surface area is 121 Å². The minimum Gasteiger partial charge on any atom is -0.405 e. The molecule has 2 rings (SSSR count). The van der Waals surface area contributed by atoms with Crippen LogP contribution in [0.2, 0.25) is 0 Å². The summed E-state index contributed by atoms with van der Waals surface area (Å²) >= 11 is 3.07. The normalized spacial score (nSPS) is 18.9. The molecule has 1 N–H and O–H groups in total. The van der Waals surface area contributed by atoms with E-state index in [-0.39, 0.29) is 16.1 Å². The van der Waals surface area contributed by atoms with E-state index in [1.165, 1.54) is 12.1 Å². The molecule has 0 radical (unpaired) electrons. The molecular formula is C12H11BrF3NO3. The molecule has 1 saturated heterocycles. The predicted molar refractivity (Wildman–Crippen MR) is 67.5 cm³/mol. The number of carbonyl (C=O) groups excluding carboxylic acids is 1. The highest BCUT2D eigenvalue weighted by Gasteiger charge is 2.34. The van der Waals surface area contributed by atoms with Crippen LogP contribution in [-0.4, -0.2) is 31.5 Å². The fraction of sp³-hybridized carbons (Fsp3) is 0.417. The second kappa shape index (κ2) is 6.01. The summed E-state index contributed by atoms with van der Waals surface area (Å²) in [6, 6.07) is 3.73. The van der Waals surface area contributed by atoms with E-state index in [1.54, 1.807) is 0 Å². The summed E-state index contributed by atoms with van der Waals surface area (Å²) in [5.74, 6) is -1.17. The van der Waals surface area contributed by atoms with Crippen molar-refractivity contribution in [3.63, 3.8) is 0 Å². The van der Waals surface area contributed by atoms with Gasteiger partial charge in [0.25, 0.3) is 5.91 Å². The number of hydrogen-bond acceptors (Lipinski definition) is 3. The highest BCUT2D eigenvalue weighted by molar-refractivity contribution is 9.10. The van der Waals surface area contributed by atoms with Gasteiger partial charge in [0.2, 0.25) is 0 Å². The van der Waals surface area contributed by atoms with E-state index in [1.807, 2.05) is 0 Å². The first-order valence-corrected chi connectivity index (χ1v) is 6.59. The van der Waals surface area contributed by atoms with Gasteiger partial charge in [0.15, 0.2) is 0 Å². The van der Waals surface area contributed by atoms with Crippen molar-refractivity contribution in [3.8, 4) is 5.75 Å². The summed E-state index contributed by atoms with van der Waals surface area (Å²) in [4.78, 5) is 12.1. The van der Waals surface area contributed by atoms with Gasteiger partial charge in [-0.1, -0.05) is 6.07 Å². The van der Waals surface area contributed by atoms with Crippen LogP contribution >= 0.6 is 15.9 Å². The van der Waals surface area contributed by atoms with E-state index >= 15 is 0 Å². The molecule has 8 heteroatoms. The minimum absolute atomic E-state index is 0.184. The van der Waals surface area contributed by atoms with E-state index in [0.29, 0.717) is 19.6 Å². The molecule has 1 fully saturated rings. The van der Waals surface area contributed by atoms with Gasteiger partial charge in [-0.05, 0) is 34.5 Å². The quantitative estimate of drug-likeness (QED) is 0.908. The maximum atomic E-state index is 12.3. The zero-order chi connectivity index (χ0) is 14.8. The summed E-state index contributed by atoms with van der Waals surface area (Å²) in [5, 5.41) is 2.62. The van der Waals surface area contributed by atoms with Gasteiger partial charge in [-0.2, -0.15) is 0 Å². The number of carbonyl (C=O) groups is 1. The number of hydrogen-bond donors (Lipinski definition) is 1. The van der Waals surface area contributed by atoms with E-state index in [2.05, 4.69) is 26.0 Å². The van der Waals surface area contributed by atoms with Crippen LogP contribution in [0.5, 0.6) is 5.75 Å². The van der Waals surface area contributed by atoms with Crippen LogP contribution < -0.4 is 10.1 Å². The molecule has 1 aromatic rings. The average molecular weight is 354 g/mol. The third-order valence-corrected chi connectivity index (χ3v) is 3.35. The Morgan fingerprint density at radius 2 is 2.20 bits per heavy atom. The van der Waals surface area contributed by atoms with Gasteiger partial charge in [-0.15, -0.1) is 13.2 Å². The van der Waals surface area contributed by atoms with Crippen LogP contribution in [0.25, 0.3) is 0 Å². The number of alkyl halides is 3. The van der Waals surface area contributed by atoms with Crippen molar-refractivity contribution < 1.29 is 27.4 Å². The standard InChI is InChI=1S/C12H11BrF3NO3/c13-8-2-1-3-9(20-12(14,15)16)10(8)11(18)17-7-4-5-19-6-7/h1-3,7H,4-6H2,(H,17,18). The molecule has 110 valence electrons. The minimum atomic E-state index is -4.85. The number of nitrogens with one attached hydrogen (secondary N) is 1. The smallest absolute Gasteiger partial charge is 0.405 e. The number of benzene rings is 1. The van der Waals surface area contributed by atoms with Crippen molar-refractivity contribution >= 4 is 21.8 Å². The van der Waals surface area contributed by atoms with E-state index in [0.717, 1.165) is 6.07 Å². The summed E-state index contributed by atoms with van der Waals surface area (Å²) in [6.07, 6.45) is -4.22. The van der Waals surface area contributed by atoms with Gasteiger partial charge in [-0.25, -0.2) is 0 Å². The molecule has 1 atom stereocenters. The third-order valence-electron chi connectivity index (χ3n) is 2.69. The Bertz CT molecular complexity index is 501. The van der Waals surface area contributed by atoms with Gasteiger partial charge in [0.05, 0.1) is 18.2 Å². The number of amides is 1. The molecule has 0 aromatic heterocycles.